The van der Waals surface area contributed by atoms with Crippen LogP contribution < -0.4 is 0 Å². The quantitative estimate of drug-likeness (QED) is 0.796. The van der Waals surface area contributed by atoms with E-state index in [-0.39, 0.29) is 6.09 Å². The van der Waals surface area contributed by atoms with Crippen LogP contribution in [0.3, 0.4) is 0 Å². The highest BCUT2D eigenvalue weighted by molar-refractivity contribution is 5.69. The van der Waals surface area contributed by atoms with Crippen molar-refractivity contribution in [2.75, 3.05) is 13.1 Å². The topological polar surface area (TPSA) is 38.8 Å². The number of ether oxygens (including phenoxy) is 2. The Morgan fingerprint density at radius 2 is 2.00 bits per heavy atom. The van der Waals surface area contributed by atoms with Crippen LogP contribution in [0.25, 0.3) is 0 Å². The Balaban J connectivity index is 1.79. The van der Waals surface area contributed by atoms with E-state index in [4.69, 9.17) is 9.47 Å². The summed E-state index contributed by atoms with van der Waals surface area (Å²) in [6.45, 7) is 7.46. The van der Waals surface area contributed by atoms with E-state index in [1.807, 2.05) is 51.1 Å². The number of hydrogen-bond acceptors (Lipinski definition) is 3. The van der Waals surface area contributed by atoms with Gasteiger partial charge in [-0.1, -0.05) is 30.3 Å². The average molecular weight is 289 g/mol. The number of carbonyl (C=O) groups excluding carboxylic acids is 1. The van der Waals surface area contributed by atoms with Crippen LogP contribution in [0.1, 0.15) is 32.8 Å². The summed E-state index contributed by atoms with van der Waals surface area (Å²) in [7, 11) is 0. The highest BCUT2D eigenvalue weighted by Crippen LogP contribution is 2.19. The lowest BCUT2D eigenvalue weighted by molar-refractivity contribution is 0.0299. The molecule has 1 aromatic rings. The standard InChI is InChI=1S/C17H23NO3/c1-17(2,3)21-16(19)18-10-9-15(11-18)13-20-12-14-7-5-4-6-8-14/h4-8,13H,9-12H2,1-3H3. The summed E-state index contributed by atoms with van der Waals surface area (Å²) in [5.74, 6) is 0. The van der Waals surface area contributed by atoms with Gasteiger partial charge in [0.2, 0.25) is 0 Å². The first kappa shape index (κ1) is 15.4. The smallest absolute Gasteiger partial charge is 0.410 e. The van der Waals surface area contributed by atoms with Gasteiger partial charge in [-0.25, -0.2) is 4.79 Å². The Labute approximate surface area is 126 Å². The van der Waals surface area contributed by atoms with Crippen molar-refractivity contribution in [1.82, 2.24) is 4.90 Å². The molecule has 1 heterocycles. The Kier molecular flexibility index (Phi) is 4.89. The molecule has 4 heteroatoms. The van der Waals surface area contributed by atoms with Gasteiger partial charge in [-0.2, -0.15) is 0 Å². The third kappa shape index (κ3) is 5.14. The molecule has 0 aromatic heterocycles. The van der Waals surface area contributed by atoms with Crippen molar-refractivity contribution in [1.29, 1.82) is 0 Å². The Hall–Kier alpha value is -1.97. The molecule has 1 saturated heterocycles. The molecule has 1 aliphatic rings. The molecule has 0 radical (unpaired) electrons. The van der Waals surface area contributed by atoms with Crippen molar-refractivity contribution >= 4 is 6.09 Å². The van der Waals surface area contributed by atoms with Crippen LogP contribution in [0.5, 0.6) is 0 Å². The number of rotatable bonds is 3. The van der Waals surface area contributed by atoms with Crippen LogP contribution in [0.2, 0.25) is 0 Å². The van der Waals surface area contributed by atoms with Gasteiger partial charge in [0.15, 0.2) is 0 Å². The Bertz CT molecular complexity index is 503. The normalized spacial score (nSPS) is 17.1. The fourth-order valence-corrected chi connectivity index (χ4v) is 2.09. The summed E-state index contributed by atoms with van der Waals surface area (Å²) in [5.41, 5.74) is 1.81. The predicted molar refractivity (Wildman–Crippen MR) is 81.7 cm³/mol. The van der Waals surface area contributed by atoms with Crippen molar-refractivity contribution in [3.63, 3.8) is 0 Å². The molecule has 1 fully saturated rings. The van der Waals surface area contributed by atoms with Gasteiger partial charge in [-0.15, -0.1) is 0 Å². The van der Waals surface area contributed by atoms with Crippen molar-refractivity contribution in [3.8, 4) is 0 Å². The van der Waals surface area contributed by atoms with Crippen LogP contribution >= 0.6 is 0 Å². The fraction of sp³-hybridized carbons (Fsp3) is 0.471. The predicted octanol–water partition coefficient (Wildman–Crippen LogP) is 3.73. The van der Waals surface area contributed by atoms with Crippen LogP contribution in [0, 0.1) is 0 Å². The van der Waals surface area contributed by atoms with Crippen LogP contribution in [-0.4, -0.2) is 29.7 Å². The maximum atomic E-state index is 11.9. The van der Waals surface area contributed by atoms with Crippen LogP contribution in [-0.2, 0) is 16.1 Å². The van der Waals surface area contributed by atoms with Gasteiger partial charge in [0.25, 0.3) is 0 Å². The van der Waals surface area contributed by atoms with E-state index >= 15 is 0 Å². The molecule has 1 aliphatic heterocycles. The SMILES string of the molecule is CC(C)(C)OC(=O)N1CCC(=COCc2ccccc2)C1. The average Bonchev–Trinajstić information content (AvgIpc) is 2.87. The lowest BCUT2D eigenvalue weighted by Crippen LogP contribution is -2.34. The number of carbonyl (C=O) groups is 1. The molecule has 1 amide bonds. The summed E-state index contributed by atoms with van der Waals surface area (Å²) < 4.78 is 11.0. The van der Waals surface area contributed by atoms with Crippen LogP contribution in [0.15, 0.2) is 42.2 Å². The van der Waals surface area contributed by atoms with Gasteiger partial charge in [0.1, 0.15) is 12.2 Å². The molecule has 1 aromatic carbocycles. The molecule has 4 nitrogen and oxygen atoms in total. The molecule has 21 heavy (non-hydrogen) atoms. The second-order valence-corrected chi connectivity index (χ2v) is 6.22. The van der Waals surface area contributed by atoms with Crippen molar-refractivity contribution < 1.29 is 14.3 Å². The van der Waals surface area contributed by atoms with Crippen molar-refractivity contribution in [2.24, 2.45) is 0 Å². The van der Waals surface area contributed by atoms with E-state index in [9.17, 15) is 4.79 Å². The zero-order valence-corrected chi connectivity index (χ0v) is 13.0. The van der Waals surface area contributed by atoms with Gasteiger partial charge in [0.05, 0.1) is 6.26 Å². The molecule has 0 spiro atoms. The number of likely N-dealkylation sites (tertiary alicyclic amines) is 1. The zero-order valence-electron chi connectivity index (χ0n) is 13.0. The highest BCUT2D eigenvalue weighted by Gasteiger charge is 2.26. The van der Waals surface area contributed by atoms with E-state index in [1.165, 1.54) is 0 Å². The minimum atomic E-state index is -0.451. The fourth-order valence-electron chi connectivity index (χ4n) is 2.09. The first-order valence-corrected chi connectivity index (χ1v) is 7.25. The number of amides is 1. The maximum Gasteiger partial charge on any atom is 0.410 e. The molecular formula is C17H23NO3. The number of hydrogen-bond donors (Lipinski definition) is 0. The van der Waals surface area contributed by atoms with Crippen molar-refractivity contribution in [3.05, 3.63) is 47.7 Å². The molecule has 114 valence electrons. The van der Waals surface area contributed by atoms with Gasteiger partial charge in [-0.05, 0) is 38.3 Å². The molecule has 0 aliphatic carbocycles. The van der Waals surface area contributed by atoms with Crippen molar-refractivity contribution in [2.45, 2.75) is 39.4 Å². The summed E-state index contributed by atoms with van der Waals surface area (Å²) in [6.07, 6.45) is 2.36. The third-order valence-electron chi connectivity index (χ3n) is 3.09. The molecular weight excluding hydrogens is 266 g/mol. The van der Waals surface area contributed by atoms with E-state index < -0.39 is 5.60 Å². The zero-order chi connectivity index (χ0) is 15.3. The number of nitrogens with zero attached hydrogens (tertiary/aromatic N) is 1. The van der Waals surface area contributed by atoms with Crippen LogP contribution in [0.4, 0.5) is 4.79 Å². The van der Waals surface area contributed by atoms with E-state index in [2.05, 4.69) is 0 Å². The van der Waals surface area contributed by atoms with E-state index in [0.29, 0.717) is 19.7 Å². The van der Waals surface area contributed by atoms with Gasteiger partial charge in [-0.3, -0.25) is 0 Å². The monoisotopic (exact) mass is 289 g/mol. The maximum absolute atomic E-state index is 11.9. The van der Waals surface area contributed by atoms with Gasteiger partial charge >= 0.3 is 6.09 Å². The molecule has 0 bridgehead atoms. The summed E-state index contributed by atoms with van der Waals surface area (Å²) >= 11 is 0. The molecule has 0 unspecified atom stereocenters. The molecule has 2 rings (SSSR count). The summed E-state index contributed by atoms with van der Waals surface area (Å²) in [4.78, 5) is 13.6. The van der Waals surface area contributed by atoms with Gasteiger partial charge in [0, 0.05) is 13.1 Å². The first-order chi connectivity index (χ1) is 9.94. The lowest BCUT2D eigenvalue weighted by atomic mass is 10.2. The molecule has 0 atom stereocenters. The molecule has 0 N–H and O–H groups in total. The largest absolute Gasteiger partial charge is 0.496 e. The van der Waals surface area contributed by atoms with Gasteiger partial charge < -0.3 is 14.4 Å². The summed E-state index contributed by atoms with van der Waals surface area (Å²) in [6, 6.07) is 10.0. The second kappa shape index (κ2) is 6.66. The lowest BCUT2D eigenvalue weighted by Gasteiger charge is -2.23. The first-order valence-electron chi connectivity index (χ1n) is 7.25. The number of benzene rings is 1. The molecule has 0 saturated carbocycles. The highest BCUT2D eigenvalue weighted by atomic mass is 16.6. The third-order valence-corrected chi connectivity index (χ3v) is 3.09. The minimum Gasteiger partial charge on any atom is -0.496 e. The van der Waals surface area contributed by atoms with E-state index in [0.717, 1.165) is 17.6 Å². The van der Waals surface area contributed by atoms with E-state index in [1.54, 1.807) is 11.2 Å². The summed E-state index contributed by atoms with van der Waals surface area (Å²) in [5, 5.41) is 0. The Morgan fingerprint density at radius 3 is 2.67 bits per heavy atom. The second-order valence-electron chi connectivity index (χ2n) is 6.22. The minimum absolute atomic E-state index is 0.256. The Morgan fingerprint density at radius 1 is 1.29 bits per heavy atom.